The average Bonchev–Trinajstić information content (AvgIpc) is 2.43. The summed E-state index contributed by atoms with van der Waals surface area (Å²) in [6, 6.07) is -0.658. The van der Waals surface area contributed by atoms with E-state index in [-0.39, 0.29) is 11.8 Å². The van der Waals surface area contributed by atoms with Crippen LogP contribution < -0.4 is 21.3 Å². The van der Waals surface area contributed by atoms with E-state index in [0.717, 1.165) is 6.42 Å². The van der Waals surface area contributed by atoms with Crippen LogP contribution in [-0.2, 0) is 14.3 Å². The number of unbranched alkanes of at least 4 members (excludes halogenated alkanes) is 1. The Morgan fingerprint density at radius 1 is 1.00 bits per heavy atom. The van der Waals surface area contributed by atoms with Crippen molar-refractivity contribution in [1.82, 2.24) is 21.3 Å². The van der Waals surface area contributed by atoms with E-state index >= 15 is 0 Å². The zero-order chi connectivity index (χ0) is 18.6. The van der Waals surface area contributed by atoms with Crippen LogP contribution in [0.5, 0.6) is 0 Å². The number of likely N-dealkylation sites (N-methyl/N-ethyl adjacent to an activating group) is 1. The van der Waals surface area contributed by atoms with Gasteiger partial charge in [-0.1, -0.05) is 0 Å². The summed E-state index contributed by atoms with van der Waals surface area (Å²) in [6.07, 6.45) is 1.29. The van der Waals surface area contributed by atoms with Gasteiger partial charge in [0.25, 0.3) is 0 Å². The molecule has 0 aliphatic heterocycles. The van der Waals surface area contributed by atoms with Crippen LogP contribution >= 0.6 is 0 Å². The zero-order valence-electron chi connectivity index (χ0n) is 15.5. The van der Waals surface area contributed by atoms with Gasteiger partial charge in [0.1, 0.15) is 11.6 Å². The first-order chi connectivity index (χ1) is 11.2. The molecule has 0 bridgehead atoms. The van der Waals surface area contributed by atoms with Gasteiger partial charge >= 0.3 is 6.09 Å². The topological polar surface area (TPSA) is 109 Å². The first-order valence-electron chi connectivity index (χ1n) is 8.32. The monoisotopic (exact) mass is 344 g/mol. The van der Waals surface area contributed by atoms with Crippen molar-refractivity contribution in [2.24, 2.45) is 0 Å². The summed E-state index contributed by atoms with van der Waals surface area (Å²) in [6.45, 7) is 8.44. The fourth-order valence-corrected chi connectivity index (χ4v) is 1.89. The van der Waals surface area contributed by atoms with Crippen LogP contribution in [0.3, 0.4) is 0 Å². The summed E-state index contributed by atoms with van der Waals surface area (Å²) in [4.78, 5) is 34.9. The van der Waals surface area contributed by atoms with E-state index in [4.69, 9.17) is 4.74 Å². The molecule has 3 amide bonds. The Kier molecular flexibility index (Phi) is 10.8. The van der Waals surface area contributed by atoms with E-state index in [1.165, 1.54) is 6.92 Å². The maximum atomic E-state index is 12.2. The molecule has 0 fully saturated rings. The van der Waals surface area contributed by atoms with Crippen molar-refractivity contribution in [1.29, 1.82) is 0 Å². The summed E-state index contributed by atoms with van der Waals surface area (Å²) >= 11 is 0. The maximum absolute atomic E-state index is 12.2. The number of carbonyl (C=O) groups is 3. The van der Waals surface area contributed by atoms with E-state index in [9.17, 15) is 14.4 Å². The molecule has 0 aromatic carbocycles. The molecule has 1 unspecified atom stereocenters. The number of rotatable bonds is 10. The lowest BCUT2D eigenvalue weighted by Crippen LogP contribution is -2.49. The normalized spacial score (nSPS) is 12.2. The minimum absolute atomic E-state index is 0.0803. The fraction of sp³-hybridized carbons (Fsp3) is 0.812. The first-order valence-corrected chi connectivity index (χ1v) is 8.32. The van der Waals surface area contributed by atoms with Crippen LogP contribution in [0.2, 0.25) is 0 Å². The van der Waals surface area contributed by atoms with Gasteiger partial charge in [0.2, 0.25) is 11.8 Å². The van der Waals surface area contributed by atoms with E-state index in [1.54, 1.807) is 27.8 Å². The number of nitrogens with one attached hydrogen (secondary N) is 4. The third kappa shape index (κ3) is 12.7. The lowest BCUT2D eigenvalue weighted by Gasteiger charge is -2.23. The lowest BCUT2D eigenvalue weighted by atomic mass is 10.1. The molecule has 0 saturated carbocycles. The van der Waals surface area contributed by atoms with Crippen LogP contribution in [0.25, 0.3) is 0 Å². The van der Waals surface area contributed by atoms with E-state index < -0.39 is 17.7 Å². The minimum Gasteiger partial charge on any atom is -0.444 e. The van der Waals surface area contributed by atoms with Gasteiger partial charge in [-0.2, -0.15) is 0 Å². The Labute approximate surface area is 144 Å². The van der Waals surface area contributed by atoms with Crippen molar-refractivity contribution < 1.29 is 19.1 Å². The largest absolute Gasteiger partial charge is 0.444 e. The van der Waals surface area contributed by atoms with Crippen molar-refractivity contribution in [2.45, 2.75) is 58.6 Å². The van der Waals surface area contributed by atoms with Gasteiger partial charge in [-0.05, 0) is 47.1 Å². The minimum atomic E-state index is -0.658. The molecule has 8 nitrogen and oxygen atoms in total. The predicted octanol–water partition coefficient (Wildman–Crippen LogP) is 0.522. The average molecular weight is 344 g/mol. The second-order valence-corrected chi connectivity index (χ2v) is 6.57. The highest BCUT2D eigenvalue weighted by molar-refractivity contribution is 5.85. The molecular weight excluding hydrogens is 312 g/mol. The third-order valence-electron chi connectivity index (χ3n) is 2.98. The van der Waals surface area contributed by atoms with E-state index in [2.05, 4.69) is 21.3 Å². The standard InChI is InChI=1S/C16H32N4O4/c1-12(21)18-9-7-6-8-13(14(22)19-11-10-17-5)20-15(23)24-16(2,3)4/h13,17H,6-11H2,1-5H3,(H,18,21)(H,19,22)(H,20,23). The van der Waals surface area contributed by atoms with Crippen LogP contribution in [0.15, 0.2) is 0 Å². The number of amides is 3. The Balaban J connectivity index is 4.44. The second kappa shape index (κ2) is 11.7. The number of carbonyl (C=O) groups excluding carboxylic acids is 3. The van der Waals surface area contributed by atoms with Gasteiger partial charge in [-0.3, -0.25) is 9.59 Å². The van der Waals surface area contributed by atoms with Gasteiger partial charge in [-0.15, -0.1) is 0 Å². The maximum Gasteiger partial charge on any atom is 0.408 e. The molecule has 0 spiro atoms. The number of hydrogen-bond donors (Lipinski definition) is 4. The zero-order valence-corrected chi connectivity index (χ0v) is 15.5. The molecule has 8 heteroatoms. The molecule has 0 aromatic rings. The summed E-state index contributed by atoms with van der Waals surface area (Å²) in [5, 5.41) is 11.0. The first kappa shape index (κ1) is 22.2. The van der Waals surface area contributed by atoms with Crippen LogP contribution in [0.4, 0.5) is 4.79 Å². The number of alkyl carbamates (subject to hydrolysis) is 1. The SMILES string of the molecule is CNCCNC(=O)C(CCCCNC(C)=O)NC(=O)OC(C)(C)C. The van der Waals surface area contributed by atoms with E-state index in [0.29, 0.717) is 32.5 Å². The van der Waals surface area contributed by atoms with Crippen molar-refractivity contribution in [3.63, 3.8) is 0 Å². The molecule has 0 saturated heterocycles. The Bertz CT molecular complexity index is 407. The highest BCUT2D eigenvalue weighted by Gasteiger charge is 2.23. The second-order valence-electron chi connectivity index (χ2n) is 6.57. The summed E-state index contributed by atoms with van der Waals surface area (Å²) in [5.74, 6) is -0.320. The van der Waals surface area contributed by atoms with Gasteiger partial charge in [-0.25, -0.2) is 4.79 Å². The molecule has 0 heterocycles. The van der Waals surface area contributed by atoms with Crippen LogP contribution in [0, 0.1) is 0 Å². The van der Waals surface area contributed by atoms with Crippen molar-refractivity contribution in [3.05, 3.63) is 0 Å². The summed E-state index contributed by atoms with van der Waals surface area (Å²) < 4.78 is 5.20. The van der Waals surface area contributed by atoms with Crippen molar-refractivity contribution in [2.75, 3.05) is 26.7 Å². The van der Waals surface area contributed by atoms with Gasteiger partial charge < -0.3 is 26.0 Å². The molecule has 4 N–H and O–H groups in total. The molecule has 1 atom stereocenters. The quantitative estimate of drug-likeness (QED) is 0.432. The van der Waals surface area contributed by atoms with Crippen LogP contribution in [0.1, 0.15) is 47.0 Å². The molecule has 24 heavy (non-hydrogen) atoms. The van der Waals surface area contributed by atoms with Gasteiger partial charge in [0, 0.05) is 26.6 Å². The Morgan fingerprint density at radius 3 is 2.21 bits per heavy atom. The van der Waals surface area contributed by atoms with Gasteiger partial charge in [0.05, 0.1) is 0 Å². The molecule has 0 rings (SSSR count). The predicted molar refractivity (Wildman–Crippen MR) is 92.6 cm³/mol. The molecule has 140 valence electrons. The third-order valence-corrected chi connectivity index (χ3v) is 2.98. The van der Waals surface area contributed by atoms with Crippen molar-refractivity contribution >= 4 is 17.9 Å². The summed E-state index contributed by atoms with van der Waals surface area (Å²) in [7, 11) is 1.80. The molecule has 0 radical (unpaired) electrons. The smallest absolute Gasteiger partial charge is 0.408 e. The van der Waals surface area contributed by atoms with Crippen molar-refractivity contribution in [3.8, 4) is 0 Å². The number of hydrogen-bond acceptors (Lipinski definition) is 5. The lowest BCUT2D eigenvalue weighted by molar-refractivity contribution is -0.123. The Hall–Kier alpha value is -1.83. The highest BCUT2D eigenvalue weighted by atomic mass is 16.6. The fourth-order valence-electron chi connectivity index (χ4n) is 1.89. The highest BCUT2D eigenvalue weighted by Crippen LogP contribution is 2.08. The Morgan fingerprint density at radius 2 is 1.67 bits per heavy atom. The van der Waals surface area contributed by atoms with Crippen LogP contribution in [-0.4, -0.2) is 56.2 Å². The number of ether oxygens (including phenoxy) is 1. The molecule has 0 aliphatic rings. The molecular formula is C16H32N4O4. The summed E-state index contributed by atoms with van der Waals surface area (Å²) in [5.41, 5.74) is -0.622. The van der Waals surface area contributed by atoms with E-state index in [1.807, 2.05) is 0 Å². The molecule has 0 aliphatic carbocycles. The van der Waals surface area contributed by atoms with Gasteiger partial charge in [0.15, 0.2) is 0 Å². The molecule has 0 aromatic heterocycles.